The molecule has 0 unspecified atom stereocenters. The summed E-state index contributed by atoms with van der Waals surface area (Å²) in [4.78, 5) is 29.8. The van der Waals surface area contributed by atoms with Crippen molar-refractivity contribution in [2.24, 2.45) is 5.92 Å². The van der Waals surface area contributed by atoms with Gasteiger partial charge in [0, 0.05) is 49.4 Å². The Morgan fingerprint density at radius 2 is 1.85 bits per heavy atom. The van der Waals surface area contributed by atoms with Gasteiger partial charge >= 0.3 is 0 Å². The number of halogens is 1. The van der Waals surface area contributed by atoms with Gasteiger partial charge in [0.15, 0.2) is 0 Å². The summed E-state index contributed by atoms with van der Waals surface area (Å²) in [6, 6.07) is 11.3. The first-order chi connectivity index (χ1) is 16.4. The van der Waals surface area contributed by atoms with Gasteiger partial charge in [0.25, 0.3) is 5.91 Å². The van der Waals surface area contributed by atoms with Crippen LogP contribution in [0.15, 0.2) is 36.4 Å². The van der Waals surface area contributed by atoms with Gasteiger partial charge in [0.1, 0.15) is 5.82 Å². The molecule has 0 aromatic heterocycles. The predicted molar refractivity (Wildman–Crippen MR) is 129 cm³/mol. The second-order valence-electron chi connectivity index (χ2n) is 9.48. The summed E-state index contributed by atoms with van der Waals surface area (Å²) in [6.45, 7) is 6.69. The number of nitrogens with zero attached hydrogens (tertiary/aromatic N) is 3. The van der Waals surface area contributed by atoms with Crippen molar-refractivity contribution < 1.29 is 14.0 Å². The van der Waals surface area contributed by atoms with Crippen molar-refractivity contribution >= 4 is 17.5 Å². The molecule has 1 N–H and O–H groups in total. The van der Waals surface area contributed by atoms with E-state index in [1.807, 2.05) is 17.9 Å². The highest BCUT2D eigenvalue weighted by atomic mass is 19.1. The minimum Gasteiger partial charge on any atom is -0.337 e. The van der Waals surface area contributed by atoms with Gasteiger partial charge in [-0.25, -0.2) is 4.39 Å². The van der Waals surface area contributed by atoms with E-state index in [4.69, 9.17) is 5.26 Å². The number of benzene rings is 2. The zero-order chi connectivity index (χ0) is 24.2. The molecule has 1 aliphatic carbocycles. The van der Waals surface area contributed by atoms with Crippen LogP contribution < -0.4 is 5.32 Å². The summed E-state index contributed by atoms with van der Waals surface area (Å²) in [7, 11) is 0. The number of carbonyl (C=O) groups is 2. The lowest BCUT2D eigenvalue weighted by Crippen LogP contribution is -2.54. The first-order valence-corrected chi connectivity index (χ1v) is 12.0. The van der Waals surface area contributed by atoms with Crippen molar-refractivity contribution in [1.29, 1.82) is 5.26 Å². The predicted octanol–water partition coefficient (Wildman–Crippen LogP) is 4.48. The van der Waals surface area contributed by atoms with Crippen LogP contribution in [-0.2, 0) is 11.3 Å². The molecular weight excluding hydrogens is 431 g/mol. The standard InChI is InChI=1S/C27H31FN4O2/c1-18-16-31(11-12-32(18)27(34)22-5-3-4-6-22)17-23-13-24(28)14-25(19(23)2)30-26(33)21-9-7-20(15-29)8-10-21/h7-10,13-14,18,22H,3-6,11-12,16-17H2,1-2H3,(H,30,33)/t18-/m0/s1. The summed E-state index contributed by atoms with van der Waals surface area (Å²) >= 11 is 0. The van der Waals surface area contributed by atoms with Crippen molar-refractivity contribution in [2.75, 3.05) is 25.0 Å². The number of hydrogen-bond donors (Lipinski definition) is 1. The van der Waals surface area contributed by atoms with Crippen LogP contribution in [0.1, 0.15) is 59.7 Å². The lowest BCUT2D eigenvalue weighted by atomic mass is 10.0. The third-order valence-corrected chi connectivity index (χ3v) is 7.10. The Balaban J connectivity index is 1.42. The zero-order valence-corrected chi connectivity index (χ0v) is 19.8. The van der Waals surface area contributed by atoms with E-state index >= 15 is 0 Å². The molecule has 2 aromatic rings. The summed E-state index contributed by atoms with van der Waals surface area (Å²) in [5.74, 6) is -0.281. The number of nitriles is 1. The normalized spacial score (nSPS) is 19.1. The minimum atomic E-state index is -0.404. The first kappa shape index (κ1) is 23.9. The maximum Gasteiger partial charge on any atom is 0.255 e. The van der Waals surface area contributed by atoms with Gasteiger partial charge in [-0.2, -0.15) is 5.26 Å². The maximum absolute atomic E-state index is 14.5. The second kappa shape index (κ2) is 10.4. The number of nitrogens with one attached hydrogen (secondary N) is 1. The van der Waals surface area contributed by atoms with Crippen LogP contribution in [0.2, 0.25) is 0 Å². The molecule has 178 valence electrons. The molecule has 2 fully saturated rings. The SMILES string of the molecule is Cc1c(CN2CCN(C(=O)C3CCCC3)[C@@H](C)C2)cc(F)cc1NC(=O)c1ccc(C#N)cc1. The summed E-state index contributed by atoms with van der Waals surface area (Å²) in [6.07, 6.45) is 4.30. The summed E-state index contributed by atoms with van der Waals surface area (Å²) < 4.78 is 14.5. The van der Waals surface area contributed by atoms with E-state index in [0.717, 1.165) is 49.9 Å². The fourth-order valence-corrected chi connectivity index (χ4v) is 5.07. The van der Waals surface area contributed by atoms with Crippen LogP contribution in [0.5, 0.6) is 0 Å². The topological polar surface area (TPSA) is 76.4 Å². The van der Waals surface area contributed by atoms with Crippen LogP contribution in [0.4, 0.5) is 10.1 Å². The van der Waals surface area contributed by atoms with Crippen molar-refractivity contribution in [2.45, 2.75) is 52.1 Å². The van der Waals surface area contributed by atoms with Crippen LogP contribution in [0.3, 0.4) is 0 Å². The van der Waals surface area contributed by atoms with Crippen molar-refractivity contribution in [3.05, 3.63) is 64.5 Å². The van der Waals surface area contributed by atoms with Gasteiger partial charge < -0.3 is 10.2 Å². The first-order valence-electron chi connectivity index (χ1n) is 12.0. The lowest BCUT2D eigenvalue weighted by molar-refractivity contribution is -0.140. The molecule has 6 nitrogen and oxygen atoms in total. The molecule has 0 radical (unpaired) electrons. The maximum atomic E-state index is 14.5. The Morgan fingerprint density at radius 1 is 1.15 bits per heavy atom. The highest BCUT2D eigenvalue weighted by Crippen LogP contribution is 2.29. The van der Waals surface area contributed by atoms with Gasteiger partial charge in [-0.05, 0) is 74.2 Å². The van der Waals surface area contributed by atoms with Gasteiger partial charge in [-0.1, -0.05) is 12.8 Å². The third-order valence-electron chi connectivity index (χ3n) is 7.10. The second-order valence-corrected chi connectivity index (χ2v) is 9.48. The number of carbonyl (C=O) groups excluding carboxylic acids is 2. The molecule has 1 saturated heterocycles. The van der Waals surface area contributed by atoms with Gasteiger partial charge in [0.2, 0.25) is 5.91 Å². The zero-order valence-electron chi connectivity index (χ0n) is 19.8. The highest BCUT2D eigenvalue weighted by molar-refractivity contribution is 6.04. The van der Waals surface area contributed by atoms with Gasteiger partial charge in [-0.3, -0.25) is 14.5 Å². The molecule has 2 amide bonds. The van der Waals surface area contributed by atoms with E-state index < -0.39 is 5.82 Å². The molecule has 1 atom stereocenters. The van der Waals surface area contributed by atoms with Crippen molar-refractivity contribution in [3.8, 4) is 6.07 Å². The average Bonchev–Trinajstić information content (AvgIpc) is 3.37. The van der Waals surface area contributed by atoms with E-state index in [1.54, 1.807) is 24.3 Å². The average molecular weight is 463 g/mol. The molecule has 2 aliphatic rings. The molecule has 4 rings (SSSR count). The van der Waals surface area contributed by atoms with E-state index in [9.17, 15) is 14.0 Å². The van der Waals surface area contributed by atoms with Gasteiger partial charge in [-0.15, -0.1) is 0 Å². The van der Waals surface area contributed by atoms with Crippen molar-refractivity contribution in [3.63, 3.8) is 0 Å². The Labute approximate surface area is 200 Å². The number of piperazine rings is 1. The molecule has 1 heterocycles. The lowest BCUT2D eigenvalue weighted by Gasteiger charge is -2.41. The quantitative estimate of drug-likeness (QED) is 0.711. The Morgan fingerprint density at radius 3 is 2.50 bits per heavy atom. The number of anilines is 1. The summed E-state index contributed by atoms with van der Waals surface area (Å²) in [5, 5.41) is 11.7. The molecule has 1 aliphatic heterocycles. The Kier molecular flexibility index (Phi) is 7.28. The van der Waals surface area contributed by atoms with E-state index in [1.165, 1.54) is 12.1 Å². The molecule has 34 heavy (non-hydrogen) atoms. The van der Waals surface area contributed by atoms with Crippen LogP contribution >= 0.6 is 0 Å². The third kappa shape index (κ3) is 5.28. The fourth-order valence-electron chi connectivity index (χ4n) is 5.07. The smallest absolute Gasteiger partial charge is 0.255 e. The molecule has 1 saturated carbocycles. The van der Waals surface area contributed by atoms with Gasteiger partial charge in [0.05, 0.1) is 11.6 Å². The number of hydrogen-bond acceptors (Lipinski definition) is 4. The molecule has 7 heteroatoms. The van der Waals surface area contributed by atoms with E-state index in [0.29, 0.717) is 35.8 Å². The van der Waals surface area contributed by atoms with Crippen LogP contribution in [-0.4, -0.2) is 47.3 Å². The fraction of sp³-hybridized carbons (Fsp3) is 0.444. The molecule has 2 aromatic carbocycles. The Bertz CT molecular complexity index is 1100. The van der Waals surface area contributed by atoms with E-state index in [-0.39, 0.29) is 17.9 Å². The number of rotatable bonds is 5. The van der Waals surface area contributed by atoms with Crippen LogP contribution in [0, 0.1) is 30.0 Å². The molecule has 0 spiro atoms. The van der Waals surface area contributed by atoms with Crippen LogP contribution in [0.25, 0.3) is 0 Å². The molecule has 0 bridgehead atoms. The summed E-state index contributed by atoms with van der Waals surface area (Å²) in [5.41, 5.74) is 2.95. The monoisotopic (exact) mass is 462 g/mol. The molecular formula is C27H31FN4O2. The highest BCUT2D eigenvalue weighted by Gasteiger charge is 2.33. The van der Waals surface area contributed by atoms with Crippen molar-refractivity contribution in [1.82, 2.24) is 9.80 Å². The van der Waals surface area contributed by atoms with E-state index in [2.05, 4.69) is 17.1 Å². The minimum absolute atomic E-state index is 0.117. The number of amides is 2. The Hall–Kier alpha value is -3.24. The largest absolute Gasteiger partial charge is 0.337 e.